The van der Waals surface area contributed by atoms with Gasteiger partial charge in [-0.25, -0.2) is 4.98 Å². The first kappa shape index (κ1) is 18.9. The molecule has 0 unspecified atom stereocenters. The summed E-state index contributed by atoms with van der Waals surface area (Å²) >= 11 is 0. The van der Waals surface area contributed by atoms with Crippen molar-refractivity contribution >= 4 is 43.5 Å². The average molecular weight is 434 g/mol. The Bertz CT molecular complexity index is 1840. The molecule has 0 bridgehead atoms. The molecule has 0 radical (unpaired) electrons. The zero-order valence-corrected chi connectivity index (χ0v) is 18.3. The summed E-state index contributed by atoms with van der Waals surface area (Å²) in [7, 11) is 0. The van der Waals surface area contributed by atoms with Crippen molar-refractivity contribution in [2.75, 3.05) is 0 Å². The van der Waals surface area contributed by atoms with E-state index >= 15 is 0 Å². The molecule has 0 aliphatic rings. The monoisotopic (exact) mass is 433 g/mol. The molecule has 3 nitrogen and oxygen atoms in total. The highest BCUT2D eigenvalue weighted by Gasteiger charge is 2.14. The molecule has 0 saturated heterocycles. The molecule has 158 valence electrons. The van der Waals surface area contributed by atoms with E-state index in [-0.39, 0.29) is 0 Å². The van der Waals surface area contributed by atoms with Gasteiger partial charge >= 0.3 is 0 Å². The van der Waals surface area contributed by atoms with Crippen molar-refractivity contribution in [3.05, 3.63) is 116 Å². The number of fused-ring (bicyclic) bond motifs is 7. The van der Waals surface area contributed by atoms with Crippen molar-refractivity contribution in [2.24, 2.45) is 0 Å². The Morgan fingerprint density at radius 2 is 1.15 bits per heavy atom. The second-order valence-corrected chi connectivity index (χ2v) is 8.51. The number of hydrogen-bond donors (Lipinski definition) is 0. The quantitative estimate of drug-likeness (QED) is 0.261. The van der Waals surface area contributed by atoms with Crippen molar-refractivity contribution < 1.29 is 0 Å². The summed E-state index contributed by atoms with van der Waals surface area (Å²) in [6.45, 7) is 0. The minimum atomic E-state index is 0.888. The maximum Gasteiger partial charge on any atom is 0.0986 e. The molecule has 7 rings (SSSR count). The first-order valence-corrected chi connectivity index (χ1v) is 11.4. The number of aromatic nitrogens is 3. The third-order valence-electron chi connectivity index (χ3n) is 6.54. The highest BCUT2D eigenvalue weighted by atomic mass is 14.8. The Kier molecular flexibility index (Phi) is 4.15. The lowest BCUT2D eigenvalue weighted by molar-refractivity contribution is 1.37. The van der Waals surface area contributed by atoms with Crippen LogP contribution >= 0.6 is 0 Å². The standard InChI is InChI=1S/C31H19N3/c1-2-7-20(8-3-1)21-12-14-23(15-13-21)28-25-11-5-4-10-24(25)27-19-33-31-26(30(27)34-28)17-16-22-9-6-18-32-29(22)31/h1-19H. The highest BCUT2D eigenvalue weighted by Crippen LogP contribution is 2.36. The predicted molar refractivity (Wildman–Crippen MR) is 141 cm³/mol. The Hall–Kier alpha value is -4.63. The maximum absolute atomic E-state index is 5.24. The van der Waals surface area contributed by atoms with Crippen LogP contribution in [0, 0.1) is 0 Å². The van der Waals surface area contributed by atoms with Crippen molar-refractivity contribution in [3.63, 3.8) is 0 Å². The van der Waals surface area contributed by atoms with Crippen molar-refractivity contribution in [3.8, 4) is 22.4 Å². The zero-order chi connectivity index (χ0) is 22.5. The van der Waals surface area contributed by atoms with Gasteiger partial charge in [-0.15, -0.1) is 0 Å². The number of pyridine rings is 3. The fraction of sp³-hybridized carbons (Fsp3) is 0. The number of hydrogen-bond acceptors (Lipinski definition) is 3. The molecule has 0 spiro atoms. The second-order valence-electron chi connectivity index (χ2n) is 8.51. The molecule has 0 saturated carbocycles. The minimum Gasteiger partial charge on any atom is -0.254 e. The van der Waals surface area contributed by atoms with Gasteiger partial charge in [0.25, 0.3) is 0 Å². The molecule has 7 aromatic rings. The lowest BCUT2D eigenvalue weighted by Crippen LogP contribution is -1.93. The topological polar surface area (TPSA) is 38.7 Å². The van der Waals surface area contributed by atoms with E-state index in [0.717, 1.165) is 54.7 Å². The van der Waals surface area contributed by atoms with E-state index < -0.39 is 0 Å². The van der Waals surface area contributed by atoms with Crippen LogP contribution in [0.1, 0.15) is 0 Å². The van der Waals surface area contributed by atoms with Gasteiger partial charge in [-0.2, -0.15) is 0 Å². The van der Waals surface area contributed by atoms with Gasteiger partial charge in [-0.1, -0.05) is 91.0 Å². The molecular formula is C31H19N3. The second kappa shape index (κ2) is 7.46. The number of nitrogens with zero attached hydrogens (tertiary/aromatic N) is 3. The maximum atomic E-state index is 5.24. The number of benzene rings is 4. The van der Waals surface area contributed by atoms with Crippen LogP contribution in [-0.4, -0.2) is 15.0 Å². The third-order valence-corrected chi connectivity index (χ3v) is 6.54. The molecule has 0 N–H and O–H groups in total. The normalized spacial score (nSPS) is 11.5. The summed E-state index contributed by atoms with van der Waals surface area (Å²) in [5.74, 6) is 0. The van der Waals surface area contributed by atoms with Gasteiger partial charge in [0.05, 0.1) is 22.2 Å². The predicted octanol–water partition coefficient (Wildman–Crippen LogP) is 7.82. The van der Waals surface area contributed by atoms with Gasteiger partial charge in [0.15, 0.2) is 0 Å². The van der Waals surface area contributed by atoms with Crippen molar-refractivity contribution in [2.45, 2.75) is 0 Å². The van der Waals surface area contributed by atoms with Crippen molar-refractivity contribution in [1.29, 1.82) is 0 Å². The van der Waals surface area contributed by atoms with Crippen LogP contribution in [0.3, 0.4) is 0 Å². The van der Waals surface area contributed by atoms with E-state index in [1.54, 1.807) is 0 Å². The largest absolute Gasteiger partial charge is 0.254 e. The molecule has 0 fully saturated rings. The summed E-state index contributed by atoms with van der Waals surface area (Å²) in [5.41, 5.74) is 7.24. The molecule has 3 aromatic heterocycles. The van der Waals surface area contributed by atoms with E-state index in [1.807, 2.05) is 24.5 Å². The van der Waals surface area contributed by atoms with Crippen LogP contribution < -0.4 is 0 Å². The van der Waals surface area contributed by atoms with E-state index in [2.05, 4.69) is 96.0 Å². The SMILES string of the molecule is c1ccc(-c2ccc(-c3nc4c(cnc5c4ccc4cccnc45)c4ccccc34)cc2)cc1. The summed E-state index contributed by atoms with van der Waals surface area (Å²) < 4.78 is 0. The molecule has 0 atom stereocenters. The summed E-state index contributed by atoms with van der Waals surface area (Å²) in [6, 6.07) is 35.9. The highest BCUT2D eigenvalue weighted by molar-refractivity contribution is 6.20. The molecule has 0 amide bonds. The Balaban J connectivity index is 1.52. The first-order chi connectivity index (χ1) is 16.9. The lowest BCUT2D eigenvalue weighted by Gasteiger charge is -2.12. The van der Waals surface area contributed by atoms with Crippen LogP contribution in [0.5, 0.6) is 0 Å². The Labute approximate surface area is 196 Å². The van der Waals surface area contributed by atoms with Crippen LogP contribution in [-0.2, 0) is 0 Å². The minimum absolute atomic E-state index is 0.888. The molecule has 34 heavy (non-hydrogen) atoms. The summed E-state index contributed by atoms with van der Waals surface area (Å²) in [4.78, 5) is 14.7. The Morgan fingerprint density at radius 3 is 2.00 bits per heavy atom. The zero-order valence-electron chi connectivity index (χ0n) is 18.3. The van der Waals surface area contributed by atoms with Crippen LogP contribution in [0.4, 0.5) is 0 Å². The van der Waals surface area contributed by atoms with Crippen molar-refractivity contribution in [1.82, 2.24) is 15.0 Å². The van der Waals surface area contributed by atoms with Gasteiger partial charge in [-0.05, 0) is 28.6 Å². The number of rotatable bonds is 2. The van der Waals surface area contributed by atoms with E-state index in [1.165, 1.54) is 11.1 Å². The van der Waals surface area contributed by atoms with Crippen LogP contribution in [0.15, 0.2) is 116 Å². The fourth-order valence-corrected chi connectivity index (χ4v) is 4.87. The summed E-state index contributed by atoms with van der Waals surface area (Å²) in [6.07, 6.45) is 3.77. The molecule has 4 aromatic carbocycles. The fourth-order valence-electron chi connectivity index (χ4n) is 4.87. The molecule has 3 heteroatoms. The molecule has 0 aliphatic heterocycles. The molecule has 3 heterocycles. The van der Waals surface area contributed by atoms with E-state index in [4.69, 9.17) is 9.97 Å². The van der Waals surface area contributed by atoms with E-state index in [9.17, 15) is 0 Å². The van der Waals surface area contributed by atoms with Gasteiger partial charge < -0.3 is 0 Å². The molecular weight excluding hydrogens is 414 g/mol. The van der Waals surface area contributed by atoms with Gasteiger partial charge in [-0.3, -0.25) is 9.97 Å². The van der Waals surface area contributed by atoms with Gasteiger partial charge in [0, 0.05) is 39.5 Å². The lowest BCUT2D eigenvalue weighted by atomic mass is 9.97. The molecule has 0 aliphatic carbocycles. The summed E-state index contributed by atoms with van der Waals surface area (Å²) in [5, 5.41) is 5.45. The van der Waals surface area contributed by atoms with Crippen LogP contribution in [0.25, 0.3) is 65.9 Å². The average Bonchev–Trinajstić information content (AvgIpc) is 2.93. The third kappa shape index (κ3) is 2.87. The van der Waals surface area contributed by atoms with Crippen LogP contribution in [0.2, 0.25) is 0 Å². The van der Waals surface area contributed by atoms with Gasteiger partial charge in [0.2, 0.25) is 0 Å². The smallest absolute Gasteiger partial charge is 0.0986 e. The van der Waals surface area contributed by atoms with Gasteiger partial charge in [0.1, 0.15) is 0 Å². The first-order valence-electron chi connectivity index (χ1n) is 11.4. The van der Waals surface area contributed by atoms with E-state index in [0.29, 0.717) is 0 Å². The Morgan fingerprint density at radius 1 is 0.412 bits per heavy atom.